The summed E-state index contributed by atoms with van der Waals surface area (Å²) in [6.45, 7) is 8.16. The first-order chi connectivity index (χ1) is 8.49. The summed E-state index contributed by atoms with van der Waals surface area (Å²) in [5, 5.41) is 0. The standard InChI is InChI=1S/C14H21O3P/c1-5-16-14(15)11(4)8-12-7-9(2)6-10(3)13(12)17-18/h6-7,11H,5,8,18H2,1-4H3. The molecule has 0 spiro atoms. The van der Waals surface area contributed by atoms with Crippen molar-refractivity contribution in [2.75, 3.05) is 6.61 Å². The molecule has 3 nitrogen and oxygen atoms in total. The summed E-state index contributed by atoms with van der Waals surface area (Å²) in [6.07, 6.45) is 0.630. The van der Waals surface area contributed by atoms with Crippen LogP contribution in [-0.4, -0.2) is 12.6 Å². The lowest BCUT2D eigenvalue weighted by Gasteiger charge is -2.15. The normalized spacial score (nSPS) is 12.1. The number of aryl methyl sites for hydroxylation is 2. The molecular weight excluding hydrogens is 247 g/mol. The monoisotopic (exact) mass is 268 g/mol. The van der Waals surface area contributed by atoms with Crippen molar-refractivity contribution in [2.24, 2.45) is 5.92 Å². The highest BCUT2D eigenvalue weighted by atomic mass is 31.0. The van der Waals surface area contributed by atoms with Crippen molar-refractivity contribution in [3.63, 3.8) is 0 Å². The highest BCUT2D eigenvalue weighted by Crippen LogP contribution is 2.29. The maximum atomic E-state index is 11.6. The highest BCUT2D eigenvalue weighted by Gasteiger charge is 2.18. The number of carbonyl (C=O) groups is 1. The quantitative estimate of drug-likeness (QED) is 0.607. The topological polar surface area (TPSA) is 35.5 Å². The zero-order chi connectivity index (χ0) is 13.7. The number of hydrogen-bond donors (Lipinski definition) is 0. The van der Waals surface area contributed by atoms with Crippen molar-refractivity contribution in [1.82, 2.24) is 0 Å². The van der Waals surface area contributed by atoms with Gasteiger partial charge in [-0.3, -0.25) is 4.79 Å². The lowest BCUT2D eigenvalue weighted by Crippen LogP contribution is -2.17. The summed E-state index contributed by atoms with van der Waals surface area (Å²) >= 11 is 0. The van der Waals surface area contributed by atoms with E-state index in [1.807, 2.05) is 27.7 Å². The van der Waals surface area contributed by atoms with E-state index in [2.05, 4.69) is 21.6 Å². The van der Waals surface area contributed by atoms with Gasteiger partial charge in [0.1, 0.15) is 5.75 Å². The van der Waals surface area contributed by atoms with Gasteiger partial charge in [-0.1, -0.05) is 24.6 Å². The second kappa shape index (κ2) is 6.75. The average molecular weight is 268 g/mol. The molecule has 1 aromatic rings. The van der Waals surface area contributed by atoms with E-state index in [1.54, 1.807) is 0 Å². The number of carbonyl (C=O) groups excluding carboxylic acids is 1. The second-order valence-corrected chi connectivity index (χ2v) is 4.78. The van der Waals surface area contributed by atoms with Crippen molar-refractivity contribution >= 4 is 15.4 Å². The van der Waals surface area contributed by atoms with Gasteiger partial charge in [0.25, 0.3) is 0 Å². The fourth-order valence-electron chi connectivity index (χ4n) is 2.06. The average Bonchev–Trinajstić information content (AvgIpc) is 2.28. The molecule has 4 heteroatoms. The smallest absolute Gasteiger partial charge is 0.308 e. The van der Waals surface area contributed by atoms with Gasteiger partial charge in [-0.15, -0.1) is 0 Å². The van der Waals surface area contributed by atoms with E-state index < -0.39 is 0 Å². The van der Waals surface area contributed by atoms with Crippen LogP contribution in [0, 0.1) is 19.8 Å². The Bertz CT molecular complexity index is 429. The molecule has 0 heterocycles. The fraction of sp³-hybridized carbons (Fsp3) is 0.500. The summed E-state index contributed by atoms with van der Waals surface area (Å²) in [7, 11) is 2.27. The van der Waals surface area contributed by atoms with Crippen LogP contribution < -0.4 is 4.52 Å². The van der Waals surface area contributed by atoms with Gasteiger partial charge in [0.2, 0.25) is 0 Å². The second-order valence-electron chi connectivity index (χ2n) is 4.55. The minimum atomic E-state index is -0.162. The molecule has 0 aliphatic heterocycles. The Kier molecular flexibility index (Phi) is 5.61. The first kappa shape index (κ1) is 15.0. The van der Waals surface area contributed by atoms with Gasteiger partial charge in [0, 0.05) is 0 Å². The Hall–Kier alpha value is -1.08. The van der Waals surface area contributed by atoms with E-state index in [-0.39, 0.29) is 11.9 Å². The van der Waals surface area contributed by atoms with Crippen LogP contribution in [0.1, 0.15) is 30.5 Å². The van der Waals surface area contributed by atoms with Crippen LogP contribution in [0.4, 0.5) is 0 Å². The molecule has 1 aromatic carbocycles. The SMILES string of the molecule is CCOC(=O)C(C)Cc1cc(C)cc(C)c1OP. The van der Waals surface area contributed by atoms with Crippen molar-refractivity contribution in [3.8, 4) is 5.75 Å². The number of rotatable bonds is 5. The van der Waals surface area contributed by atoms with Crippen molar-refractivity contribution in [3.05, 3.63) is 28.8 Å². The molecule has 18 heavy (non-hydrogen) atoms. The zero-order valence-electron chi connectivity index (χ0n) is 11.4. The fourth-order valence-corrected chi connectivity index (χ4v) is 2.40. The first-order valence-electron chi connectivity index (χ1n) is 6.13. The van der Waals surface area contributed by atoms with Crippen LogP contribution in [-0.2, 0) is 16.0 Å². The molecule has 0 radical (unpaired) electrons. The predicted octanol–water partition coefficient (Wildman–Crippen LogP) is 3.21. The molecule has 100 valence electrons. The lowest BCUT2D eigenvalue weighted by molar-refractivity contribution is -0.147. The Labute approximate surface area is 111 Å². The number of esters is 1. The van der Waals surface area contributed by atoms with E-state index in [0.29, 0.717) is 13.0 Å². The molecule has 0 saturated carbocycles. The molecule has 0 aliphatic carbocycles. The van der Waals surface area contributed by atoms with E-state index in [9.17, 15) is 4.79 Å². The van der Waals surface area contributed by atoms with Gasteiger partial charge < -0.3 is 9.26 Å². The molecule has 0 N–H and O–H groups in total. The minimum Gasteiger partial charge on any atom is -0.480 e. The number of benzene rings is 1. The van der Waals surface area contributed by atoms with Crippen molar-refractivity contribution in [1.29, 1.82) is 0 Å². The summed E-state index contributed by atoms with van der Waals surface area (Å²) in [5.41, 5.74) is 3.29. The highest BCUT2D eigenvalue weighted by molar-refractivity contribution is 7.10. The van der Waals surface area contributed by atoms with E-state index in [4.69, 9.17) is 9.26 Å². The predicted molar refractivity (Wildman–Crippen MR) is 75.8 cm³/mol. The van der Waals surface area contributed by atoms with Crippen LogP contribution in [0.3, 0.4) is 0 Å². The van der Waals surface area contributed by atoms with Gasteiger partial charge in [-0.2, -0.15) is 0 Å². The lowest BCUT2D eigenvalue weighted by atomic mass is 9.97. The van der Waals surface area contributed by atoms with Crippen molar-refractivity contribution in [2.45, 2.75) is 34.1 Å². The van der Waals surface area contributed by atoms with E-state index in [1.165, 1.54) is 5.56 Å². The molecule has 0 aromatic heterocycles. The molecule has 1 rings (SSSR count). The maximum absolute atomic E-state index is 11.6. The molecule has 2 unspecified atom stereocenters. The molecule has 0 saturated heterocycles. The largest absolute Gasteiger partial charge is 0.480 e. The molecule has 0 bridgehead atoms. The third-order valence-corrected chi connectivity index (χ3v) is 3.06. The van der Waals surface area contributed by atoms with Crippen LogP contribution >= 0.6 is 9.47 Å². The third-order valence-electron chi connectivity index (χ3n) is 2.83. The maximum Gasteiger partial charge on any atom is 0.308 e. The van der Waals surface area contributed by atoms with E-state index in [0.717, 1.165) is 16.9 Å². The summed E-state index contributed by atoms with van der Waals surface area (Å²) < 4.78 is 10.4. The van der Waals surface area contributed by atoms with Gasteiger partial charge in [-0.25, -0.2) is 0 Å². The number of hydrogen-bond acceptors (Lipinski definition) is 3. The molecule has 2 atom stereocenters. The Morgan fingerprint density at radius 2 is 2.06 bits per heavy atom. The van der Waals surface area contributed by atoms with Crippen LogP contribution in [0.25, 0.3) is 0 Å². The Morgan fingerprint density at radius 1 is 1.39 bits per heavy atom. The molecule has 0 aliphatic rings. The third kappa shape index (κ3) is 3.71. The van der Waals surface area contributed by atoms with Crippen LogP contribution in [0.2, 0.25) is 0 Å². The van der Waals surface area contributed by atoms with E-state index >= 15 is 0 Å². The van der Waals surface area contributed by atoms with Gasteiger partial charge in [0.05, 0.1) is 22.0 Å². The zero-order valence-corrected chi connectivity index (χ0v) is 12.6. The first-order valence-corrected chi connectivity index (χ1v) is 6.60. The minimum absolute atomic E-state index is 0.161. The Morgan fingerprint density at radius 3 is 2.61 bits per heavy atom. The summed E-state index contributed by atoms with van der Waals surface area (Å²) in [6, 6.07) is 4.13. The Balaban J connectivity index is 2.93. The molecular formula is C14H21O3P. The molecule has 0 amide bonds. The summed E-state index contributed by atoms with van der Waals surface area (Å²) in [4.78, 5) is 11.6. The van der Waals surface area contributed by atoms with Gasteiger partial charge >= 0.3 is 5.97 Å². The molecule has 0 fully saturated rings. The van der Waals surface area contributed by atoms with Gasteiger partial charge in [-0.05, 0) is 38.3 Å². The van der Waals surface area contributed by atoms with Crippen LogP contribution in [0.15, 0.2) is 12.1 Å². The van der Waals surface area contributed by atoms with Crippen molar-refractivity contribution < 1.29 is 14.1 Å². The number of ether oxygens (including phenoxy) is 1. The van der Waals surface area contributed by atoms with Crippen LogP contribution in [0.5, 0.6) is 5.75 Å². The van der Waals surface area contributed by atoms with Gasteiger partial charge in [0.15, 0.2) is 0 Å². The summed E-state index contributed by atoms with van der Waals surface area (Å²) in [5.74, 6) is 0.512.